The Morgan fingerprint density at radius 2 is 1.70 bits per heavy atom. The lowest BCUT2D eigenvalue weighted by atomic mass is 10.1. The predicted molar refractivity (Wildman–Crippen MR) is 103 cm³/mol. The van der Waals surface area contributed by atoms with Crippen molar-refractivity contribution >= 4 is 39.2 Å². The average Bonchev–Trinajstić information content (AvgIpc) is 3.05. The fraction of sp³-hybridized carbons (Fsp3) is 0.0476. The van der Waals surface area contributed by atoms with Crippen LogP contribution in [0.25, 0.3) is 21.7 Å². The highest BCUT2D eigenvalue weighted by Crippen LogP contribution is 2.30. The van der Waals surface area contributed by atoms with Crippen LogP contribution in [0.1, 0.15) is 10.6 Å². The molecule has 0 atom stereocenters. The number of carbonyl (C=O) groups excluding carboxylic acids is 2. The molecular formula is C21H16N2O4. The third-order valence-electron chi connectivity index (χ3n) is 4.17. The monoisotopic (exact) mass is 360 g/mol. The van der Waals surface area contributed by atoms with Gasteiger partial charge in [0.25, 0.3) is 11.8 Å². The molecule has 0 spiro atoms. The lowest BCUT2D eigenvalue weighted by molar-refractivity contribution is -0.118. The first kappa shape index (κ1) is 16.7. The van der Waals surface area contributed by atoms with Crippen LogP contribution in [0, 0.1) is 0 Å². The van der Waals surface area contributed by atoms with Crippen LogP contribution in [0.3, 0.4) is 0 Å². The molecule has 0 aliphatic heterocycles. The van der Waals surface area contributed by atoms with Gasteiger partial charge in [0.1, 0.15) is 17.0 Å². The molecule has 1 heterocycles. The fourth-order valence-electron chi connectivity index (χ4n) is 2.92. The fourth-order valence-corrected chi connectivity index (χ4v) is 2.92. The molecule has 27 heavy (non-hydrogen) atoms. The Bertz CT molecular complexity index is 1160. The van der Waals surface area contributed by atoms with Crippen LogP contribution in [-0.4, -0.2) is 18.4 Å². The highest BCUT2D eigenvalue weighted by Gasteiger charge is 2.20. The summed E-state index contributed by atoms with van der Waals surface area (Å²) < 4.78 is 11.0. The van der Waals surface area contributed by atoms with E-state index in [-0.39, 0.29) is 18.1 Å². The summed E-state index contributed by atoms with van der Waals surface area (Å²) in [6.07, 6.45) is 0. The van der Waals surface area contributed by atoms with Crippen LogP contribution in [0.5, 0.6) is 5.75 Å². The Balaban J connectivity index is 1.51. The summed E-state index contributed by atoms with van der Waals surface area (Å²) in [5.74, 6) is -0.680. The van der Waals surface area contributed by atoms with E-state index >= 15 is 0 Å². The first-order valence-corrected chi connectivity index (χ1v) is 8.34. The minimum absolute atomic E-state index is 0.0877. The molecule has 134 valence electrons. The number of furan rings is 1. The maximum atomic E-state index is 12.3. The van der Waals surface area contributed by atoms with Gasteiger partial charge in [-0.1, -0.05) is 42.5 Å². The molecule has 6 nitrogen and oxygen atoms in total. The van der Waals surface area contributed by atoms with Crippen molar-refractivity contribution in [2.45, 2.75) is 0 Å². The van der Waals surface area contributed by atoms with Gasteiger partial charge >= 0.3 is 0 Å². The number of benzene rings is 3. The van der Waals surface area contributed by atoms with E-state index in [9.17, 15) is 9.59 Å². The van der Waals surface area contributed by atoms with Crippen LogP contribution in [0.15, 0.2) is 71.1 Å². The molecule has 1 aromatic heterocycles. The molecule has 0 aliphatic rings. The molecule has 4 aromatic rings. The van der Waals surface area contributed by atoms with Crippen molar-refractivity contribution in [1.82, 2.24) is 0 Å². The topological polar surface area (TPSA) is 94.6 Å². The number of nitrogens with one attached hydrogen (secondary N) is 1. The zero-order valence-electron chi connectivity index (χ0n) is 14.3. The Labute approximate surface area is 154 Å². The minimum atomic E-state index is -0.753. The van der Waals surface area contributed by atoms with Gasteiger partial charge in [0, 0.05) is 5.39 Å². The van der Waals surface area contributed by atoms with Crippen LogP contribution < -0.4 is 15.8 Å². The standard InChI is InChI=1S/C21H16N2O4/c22-21(25)20-19(16-7-3-4-8-17(16)27-20)23-18(24)12-26-15-10-9-13-5-1-2-6-14(13)11-15/h1-11H,12H2,(H2,22,25)(H,23,24). The third-order valence-corrected chi connectivity index (χ3v) is 4.17. The number of nitrogens with two attached hydrogens (primary N) is 1. The number of amides is 2. The van der Waals surface area contributed by atoms with Crippen molar-refractivity contribution in [3.05, 3.63) is 72.5 Å². The number of rotatable bonds is 5. The largest absolute Gasteiger partial charge is 0.484 e. The molecule has 3 N–H and O–H groups in total. The van der Waals surface area contributed by atoms with Gasteiger partial charge in [-0.2, -0.15) is 0 Å². The summed E-state index contributed by atoms with van der Waals surface area (Å²) in [6.45, 7) is -0.212. The smallest absolute Gasteiger partial charge is 0.286 e. The molecular weight excluding hydrogens is 344 g/mol. The van der Waals surface area contributed by atoms with Gasteiger partial charge in [0.15, 0.2) is 6.61 Å². The molecule has 0 unspecified atom stereocenters. The number of ether oxygens (including phenoxy) is 1. The molecule has 0 bridgehead atoms. The predicted octanol–water partition coefficient (Wildman–Crippen LogP) is 3.70. The van der Waals surface area contributed by atoms with Crippen LogP contribution in [0.2, 0.25) is 0 Å². The van der Waals surface area contributed by atoms with Crippen molar-refractivity contribution in [2.24, 2.45) is 5.73 Å². The van der Waals surface area contributed by atoms with E-state index in [1.54, 1.807) is 30.3 Å². The second kappa shape index (κ2) is 6.84. The Kier molecular flexibility index (Phi) is 4.22. The SMILES string of the molecule is NC(=O)c1oc2ccccc2c1NC(=O)COc1ccc2ccccc2c1. The van der Waals surface area contributed by atoms with E-state index in [0.29, 0.717) is 16.7 Å². The Morgan fingerprint density at radius 1 is 0.963 bits per heavy atom. The van der Waals surface area contributed by atoms with E-state index in [1.165, 1.54) is 0 Å². The normalized spacial score (nSPS) is 10.8. The number of anilines is 1. The maximum absolute atomic E-state index is 12.3. The van der Waals surface area contributed by atoms with Crippen LogP contribution >= 0.6 is 0 Å². The van der Waals surface area contributed by atoms with E-state index in [0.717, 1.165) is 10.8 Å². The molecule has 6 heteroatoms. The number of primary amides is 1. The van der Waals surface area contributed by atoms with E-state index in [4.69, 9.17) is 14.9 Å². The quantitative estimate of drug-likeness (QED) is 0.567. The average molecular weight is 360 g/mol. The number of hydrogen-bond donors (Lipinski definition) is 2. The number of para-hydroxylation sites is 1. The van der Waals surface area contributed by atoms with E-state index in [1.807, 2.05) is 36.4 Å². The van der Waals surface area contributed by atoms with Gasteiger partial charge in [0.05, 0.1) is 0 Å². The van der Waals surface area contributed by atoms with E-state index in [2.05, 4.69) is 5.32 Å². The maximum Gasteiger partial charge on any atom is 0.286 e. The molecule has 4 rings (SSSR count). The van der Waals surface area contributed by atoms with Gasteiger partial charge in [-0.05, 0) is 35.0 Å². The second-order valence-corrected chi connectivity index (χ2v) is 6.01. The first-order valence-electron chi connectivity index (χ1n) is 8.34. The Hall–Kier alpha value is -3.80. The van der Waals surface area contributed by atoms with Gasteiger partial charge in [-0.15, -0.1) is 0 Å². The van der Waals surface area contributed by atoms with Crippen molar-refractivity contribution in [2.75, 3.05) is 11.9 Å². The van der Waals surface area contributed by atoms with Crippen molar-refractivity contribution in [3.8, 4) is 5.75 Å². The summed E-state index contributed by atoms with van der Waals surface area (Å²) >= 11 is 0. The van der Waals surface area contributed by atoms with Crippen molar-refractivity contribution in [3.63, 3.8) is 0 Å². The van der Waals surface area contributed by atoms with Gasteiger partial charge in [-0.3, -0.25) is 9.59 Å². The molecule has 0 saturated heterocycles. The molecule has 2 amide bonds. The summed E-state index contributed by atoms with van der Waals surface area (Å²) in [5.41, 5.74) is 6.08. The second-order valence-electron chi connectivity index (χ2n) is 6.01. The number of hydrogen-bond acceptors (Lipinski definition) is 4. The summed E-state index contributed by atoms with van der Waals surface area (Å²) in [7, 11) is 0. The molecule has 0 fully saturated rings. The van der Waals surface area contributed by atoms with Gasteiger partial charge in [0.2, 0.25) is 5.76 Å². The zero-order valence-corrected chi connectivity index (χ0v) is 14.3. The van der Waals surface area contributed by atoms with Crippen LogP contribution in [0.4, 0.5) is 5.69 Å². The number of fused-ring (bicyclic) bond motifs is 2. The number of carbonyl (C=O) groups is 2. The highest BCUT2D eigenvalue weighted by molar-refractivity contribution is 6.10. The molecule has 0 radical (unpaired) electrons. The molecule has 0 saturated carbocycles. The lowest BCUT2D eigenvalue weighted by Gasteiger charge is -2.08. The molecule has 3 aromatic carbocycles. The highest BCUT2D eigenvalue weighted by atomic mass is 16.5. The summed E-state index contributed by atoms with van der Waals surface area (Å²) in [5, 5.41) is 5.37. The van der Waals surface area contributed by atoms with Gasteiger partial charge < -0.3 is 20.2 Å². The van der Waals surface area contributed by atoms with Crippen molar-refractivity contribution in [1.29, 1.82) is 0 Å². The van der Waals surface area contributed by atoms with Crippen LogP contribution in [-0.2, 0) is 4.79 Å². The Morgan fingerprint density at radius 3 is 2.52 bits per heavy atom. The first-order chi connectivity index (χ1) is 13.1. The van der Waals surface area contributed by atoms with Crippen molar-refractivity contribution < 1.29 is 18.7 Å². The summed E-state index contributed by atoms with van der Waals surface area (Å²) in [4.78, 5) is 24.0. The van der Waals surface area contributed by atoms with Gasteiger partial charge in [-0.25, -0.2) is 0 Å². The minimum Gasteiger partial charge on any atom is -0.484 e. The molecule has 0 aliphatic carbocycles. The summed E-state index contributed by atoms with van der Waals surface area (Å²) in [6, 6.07) is 20.5. The third kappa shape index (κ3) is 3.32. The lowest BCUT2D eigenvalue weighted by Crippen LogP contribution is -2.22. The zero-order chi connectivity index (χ0) is 18.8. The van der Waals surface area contributed by atoms with E-state index < -0.39 is 11.8 Å².